The molecule has 0 saturated heterocycles. The normalized spacial score (nSPS) is 12.4. The first kappa shape index (κ1) is 13.5. The van der Waals surface area contributed by atoms with Crippen molar-refractivity contribution in [1.29, 1.82) is 0 Å². The van der Waals surface area contributed by atoms with E-state index in [1.54, 1.807) is 23.7 Å². The summed E-state index contributed by atoms with van der Waals surface area (Å²) in [5.41, 5.74) is 8.27. The van der Waals surface area contributed by atoms with Crippen molar-refractivity contribution >= 4 is 27.3 Å². The minimum absolute atomic E-state index is 0.162. The van der Waals surface area contributed by atoms with Gasteiger partial charge in [0, 0.05) is 6.20 Å². The Hall–Kier alpha value is -0.910. The summed E-state index contributed by atoms with van der Waals surface area (Å²) in [5.74, 6) is 0.777. The summed E-state index contributed by atoms with van der Waals surface area (Å²) in [4.78, 5) is 4.18. The van der Waals surface area contributed by atoms with E-state index in [9.17, 15) is 0 Å². The summed E-state index contributed by atoms with van der Waals surface area (Å²) in [5, 5.41) is 2.05. The lowest BCUT2D eigenvalue weighted by Crippen LogP contribution is -2.11. The summed E-state index contributed by atoms with van der Waals surface area (Å²) >= 11 is 5.07. The first-order valence-corrected chi connectivity index (χ1v) is 7.45. The molecule has 0 aromatic carbocycles. The van der Waals surface area contributed by atoms with Gasteiger partial charge in [0.15, 0.2) is 0 Å². The second-order valence-electron chi connectivity index (χ2n) is 3.96. The minimum Gasteiger partial charge on any atom is -0.492 e. The molecule has 3 nitrogen and oxygen atoms in total. The second-order valence-corrected chi connectivity index (χ2v) is 6.25. The van der Waals surface area contributed by atoms with Gasteiger partial charge >= 0.3 is 0 Å². The van der Waals surface area contributed by atoms with Gasteiger partial charge in [-0.1, -0.05) is 6.92 Å². The maximum Gasteiger partial charge on any atom is 0.137 e. The molecule has 2 aromatic rings. The van der Waals surface area contributed by atoms with Crippen LogP contribution >= 0.6 is 27.3 Å². The van der Waals surface area contributed by atoms with Crippen LogP contribution in [0, 0.1) is 0 Å². The molecule has 0 aliphatic rings. The Balaban J connectivity index is 2.17. The number of pyridine rings is 1. The highest BCUT2D eigenvalue weighted by molar-refractivity contribution is 9.11. The van der Waals surface area contributed by atoms with Crippen LogP contribution in [0.5, 0.6) is 5.75 Å². The van der Waals surface area contributed by atoms with Crippen molar-refractivity contribution in [3.05, 3.63) is 44.8 Å². The molecule has 2 rings (SSSR count). The molecule has 0 aliphatic carbocycles. The molecule has 18 heavy (non-hydrogen) atoms. The Labute approximate surface area is 119 Å². The highest BCUT2D eigenvalue weighted by Gasteiger charge is 2.12. The predicted molar refractivity (Wildman–Crippen MR) is 78.1 cm³/mol. The molecule has 1 unspecified atom stereocenters. The fraction of sp³-hybridized carbons (Fsp3) is 0.308. The van der Waals surface area contributed by atoms with Crippen LogP contribution in [0.2, 0.25) is 0 Å². The molecule has 5 heteroatoms. The van der Waals surface area contributed by atoms with E-state index in [1.807, 2.05) is 17.5 Å². The lowest BCUT2D eigenvalue weighted by atomic mass is 10.0. The quantitative estimate of drug-likeness (QED) is 0.910. The standard InChI is InChI=1S/C13H15BrN2OS/c1-2-3-17-11-4-9(6-16-7-11)13(15)10-5-12(14)18-8-10/h4-8,13H,2-3,15H2,1H3. The largest absolute Gasteiger partial charge is 0.492 e. The van der Waals surface area contributed by atoms with Crippen molar-refractivity contribution in [3.8, 4) is 5.75 Å². The van der Waals surface area contributed by atoms with Gasteiger partial charge in [-0.05, 0) is 51.0 Å². The Morgan fingerprint density at radius 2 is 2.22 bits per heavy atom. The summed E-state index contributed by atoms with van der Waals surface area (Å²) in [7, 11) is 0. The highest BCUT2D eigenvalue weighted by atomic mass is 79.9. The molecule has 2 aromatic heterocycles. The van der Waals surface area contributed by atoms with Gasteiger partial charge in [-0.3, -0.25) is 4.98 Å². The van der Waals surface area contributed by atoms with E-state index in [0.717, 1.165) is 27.1 Å². The minimum atomic E-state index is -0.162. The molecular weight excluding hydrogens is 312 g/mol. The molecule has 0 fully saturated rings. The second kappa shape index (κ2) is 6.31. The molecule has 2 N–H and O–H groups in total. The SMILES string of the molecule is CCCOc1cncc(C(N)c2csc(Br)c2)c1. The topological polar surface area (TPSA) is 48.1 Å². The molecule has 2 heterocycles. The van der Waals surface area contributed by atoms with Crippen LogP contribution in [0.25, 0.3) is 0 Å². The van der Waals surface area contributed by atoms with Crippen molar-refractivity contribution in [2.45, 2.75) is 19.4 Å². The maximum absolute atomic E-state index is 6.22. The zero-order valence-corrected chi connectivity index (χ0v) is 12.5. The Kier molecular flexibility index (Phi) is 4.74. The number of hydrogen-bond donors (Lipinski definition) is 1. The number of hydrogen-bond acceptors (Lipinski definition) is 4. The fourth-order valence-electron chi connectivity index (χ4n) is 1.58. The van der Waals surface area contributed by atoms with Gasteiger partial charge in [0.25, 0.3) is 0 Å². The Bertz CT molecular complexity index is 515. The molecule has 0 spiro atoms. The molecular formula is C13H15BrN2OS. The Morgan fingerprint density at radius 3 is 2.89 bits per heavy atom. The number of thiophene rings is 1. The van der Waals surface area contributed by atoms with Crippen LogP contribution < -0.4 is 10.5 Å². The van der Waals surface area contributed by atoms with Crippen molar-refractivity contribution in [2.75, 3.05) is 6.61 Å². The zero-order valence-electron chi connectivity index (χ0n) is 10.1. The molecule has 0 saturated carbocycles. The molecule has 0 amide bonds. The maximum atomic E-state index is 6.22. The van der Waals surface area contributed by atoms with E-state index in [2.05, 4.69) is 27.8 Å². The number of nitrogens with zero attached hydrogens (tertiary/aromatic N) is 1. The van der Waals surface area contributed by atoms with Gasteiger partial charge in [-0.25, -0.2) is 0 Å². The van der Waals surface area contributed by atoms with E-state index >= 15 is 0 Å². The van der Waals surface area contributed by atoms with Crippen LogP contribution in [-0.2, 0) is 0 Å². The van der Waals surface area contributed by atoms with Crippen molar-refractivity contribution < 1.29 is 4.74 Å². The van der Waals surface area contributed by atoms with Crippen molar-refractivity contribution in [3.63, 3.8) is 0 Å². The molecule has 0 radical (unpaired) electrons. The van der Waals surface area contributed by atoms with Crippen molar-refractivity contribution in [2.24, 2.45) is 5.73 Å². The van der Waals surface area contributed by atoms with E-state index < -0.39 is 0 Å². The van der Waals surface area contributed by atoms with Crippen molar-refractivity contribution in [1.82, 2.24) is 4.98 Å². The van der Waals surface area contributed by atoms with Crippen LogP contribution in [0.1, 0.15) is 30.5 Å². The van der Waals surface area contributed by atoms with Crippen LogP contribution in [-0.4, -0.2) is 11.6 Å². The number of ether oxygens (including phenoxy) is 1. The zero-order chi connectivity index (χ0) is 13.0. The van der Waals surface area contributed by atoms with Gasteiger partial charge in [0.1, 0.15) is 5.75 Å². The third kappa shape index (κ3) is 3.31. The lowest BCUT2D eigenvalue weighted by Gasteiger charge is -2.11. The fourth-order valence-corrected chi connectivity index (χ4v) is 2.80. The summed E-state index contributed by atoms with van der Waals surface area (Å²) in [6.07, 6.45) is 4.48. The molecule has 96 valence electrons. The number of aromatic nitrogens is 1. The highest BCUT2D eigenvalue weighted by Crippen LogP contribution is 2.28. The first-order chi connectivity index (χ1) is 8.70. The number of nitrogens with two attached hydrogens (primary N) is 1. The van der Waals surface area contributed by atoms with E-state index in [1.165, 1.54) is 0 Å². The average molecular weight is 327 g/mol. The smallest absolute Gasteiger partial charge is 0.137 e. The summed E-state index contributed by atoms with van der Waals surface area (Å²) in [6, 6.07) is 3.83. The summed E-state index contributed by atoms with van der Waals surface area (Å²) < 4.78 is 6.65. The summed E-state index contributed by atoms with van der Waals surface area (Å²) in [6.45, 7) is 2.77. The molecule has 1 atom stereocenters. The third-order valence-electron chi connectivity index (χ3n) is 2.51. The number of rotatable bonds is 5. The number of halogens is 1. The third-order valence-corrected chi connectivity index (χ3v) is 4.04. The van der Waals surface area contributed by atoms with Crippen LogP contribution in [0.15, 0.2) is 33.7 Å². The van der Waals surface area contributed by atoms with Gasteiger partial charge in [-0.15, -0.1) is 11.3 Å². The monoisotopic (exact) mass is 326 g/mol. The lowest BCUT2D eigenvalue weighted by molar-refractivity contribution is 0.315. The Morgan fingerprint density at radius 1 is 1.39 bits per heavy atom. The van der Waals surface area contributed by atoms with Gasteiger partial charge < -0.3 is 10.5 Å². The average Bonchev–Trinajstić information content (AvgIpc) is 2.82. The van der Waals surface area contributed by atoms with Crippen LogP contribution in [0.3, 0.4) is 0 Å². The van der Waals surface area contributed by atoms with Gasteiger partial charge in [-0.2, -0.15) is 0 Å². The molecule has 0 aliphatic heterocycles. The predicted octanol–water partition coefficient (Wildman–Crippen LogP) is 3.74. The van der Waals surface area contributed by atoms with E-state index in [4.69, 9.17) is 10.5 Å². The van der Waals surface area contributed by atoms with E-state index in [0.29, 0.717) is 6.61 Å². The van der Waals surface area contributed by atoms with Gasteiger partial charge in [0.2, 0.25) is 0 Å². The molecule has 0 bridgehead atoms. The first-order valence-electron chi connectivity index (χ1n) is 5.78. The van der Waals surface area contributed by atoms with Crippen LogP contribution in [0.4, 0.5) is 0 Å². The van der Waals surface area contributed by atoms with Gasteiger partial charge in [0.05, 0.1) is 22.6 Å². The van der Waals surface area contributed by atoms with E-state index in [-0.39, 0.29) is 6.04 Å².